The minimum atomic E-state index is -0.467. The Kier molecular flexibility index (Phi) is 2.99. The lowest BCUT2D eigenvalue weighted by atomic mass is 10.2. The van der Waals surface area contributed by atoms with Gasteiger partial charge in [-0.1, -0.05) is 0 Å². The van der Waals surface area contributed by atoms with Gasteiger partial charge in [-0.3, -0.25) is 10.1 Å². The van der Waals surface area contributed by atoms with Crippen LogP contribution >= 0.6 is 0 Å². The molecule has 0 fully saturated rings. The maximum Gasteiger partial charge on any atom is 0.294 e. The molecule has 0 aromatic heterocycles. The van der Waals surface area contributed by atoms with E-state index in [4.69, 9.17) is 10.5 Å². The first-order valence-electron chi connectivity index (χ1n) is 4.26. The van der Waals surface area contributed by atoms with E-state index in [1.54, 1.807) is 25.1 Å². The first kappa shape index (κ1) is 11.1. The molecular weight excluding hydrogens is 198 g/mol. The minimum Gasteiger partial charge on any atom is -0.495 e. The lowest BCUT2D eigenvalue weighted by Crippen LogP contribution is -2.11. The van der Waals surface area contributed by atoms with Gasteiger partial charge < -0.3 is 15.4 Å². The van der Waals surface area contributed by atoms with E-state index in [1.807, 2.05) is 0 Å². The number of benzene rings is 1. The van der Waals surface area contributed by atoms with Crippen molar-refractivity contribution in [2.24, 2.45) is 0 Å². The molecule has 0 amide bonds. The number of methoxy groups -OCH3 is 1. The zero-order valence-corrected chi connectivity index (χ0v) is 8.85. The zero-order valence-electron chi connectivity index (χ0n) is 8.85. The van der Waals surface area contributed by atoms with Crippen LogP contribution in [0.1, 0.15) is 0 Å². The maximum absolute atomic E-state index is 10.8. The highest BCUT2D eigenvalue weighted by atomic mass is 16.6. The third-order valence-corrected chi connectivity index (χ3v) is 2.01. The predicted molar refractivity (Wildman–Crippen MR) is 58.4 cm³/mol. The summed E-state index contributed by atoms with van der Waals surface area (Å²) < 4.78 is 5.00. The summed E-state index contributed by atoms with van der Waals surface area (Å²) in [5, 5.41) is 10.8. The number of ether oxygens (including phenoxy) is 1. The van der Waals surface area contributed by atoms with Crippen LogP contribution in [0.15, 0.2) is 12.1 Å². The molecule has 0 bridgehead atoms. The van der Waals surface area contributed by atoms with E-state index in [0.29, 0.717) is 11.4 Å². The van der Waals surface area contributed by atoms with Gasteiger partial charge >= 0.3 is 0 Å². The van der Waals surface area contributed by atoms with Crippen molar-refractivity contribution in [3.8, 4) is 5.75 Å². The van der Waals surface area contributed by atoms with Crippen molar-refractivity contribution in [2.45, 2.75) is 0 Å². The van der Waals surface area contributed by atoms with Crippen molar-refractivity contribution in [3.63, 3.8) is 0 Å². The lowest BCUT2D eigenvalue weighted by molar-refractivity contribution is -0.384. The van der Waals surface area contributed by atoms with Crippen LogP contribution in [0.3, 0.4) is 0 Å². The van der Waals surface area contributed by atoms with Gasteiger partial charge in [-0.2, -0.15) is 0 Å². The molecule has 0 unspecified atom stereocenters. The summed E-state index contributed by atoms with van der Waals surface area (Å²) in [4.78, 5) is 11.9. The van der Waals surface area contributed by atoms with Crippen LogP contribution in [-0.4, -0.2) is 26.1 Å². The van der Waals surface area contributed by atoms with Crippen LogP contribution < -0.4 is 15.4 Å². The molecule has 1 aromatic rings. The van der Waals surface area contributed by atoms with Crippen LogP contribution in [0.25, 0.3) is 0 Å². The molecule has 0 atom stereocenters. The predicted octanol–water partition coefficient (Wildman–Crippen LogP) is 1.25. The third-order valence-electron chi connectivity index (χ3n) is 2.01. The summed E-state index contributed by atoms with van der Waals surface area (Å²) in [5.74, 6) is 0.435. The molecule has 0 aliphatic heterocycles. The van der Waals surface area contributed by atoms with Gasteiger partial charge in [0.2, 0.25) is 0 Å². The Hall–Kier alpha value is -1.98. The van der Waals surface area contributed by atoms with Gasteiger partial charge in [0.1, 0.15) is 11.4 Å². The van der Waals surface area contributed by atoms with Crippen LogP contribution in [-0.2, 0) is 0 Å². The van der Waals surface area contributed by atoms with Crippen molar-refractivity contribution in [1.82, 2.24) is 0 Å². The fourth-order valence-corrected chi connectivity index (χ4v) is 1.26. The standard InChI is InChI=1S/C9H13N3O3/c1-11(2)7-5-9(15-3)6(10)4-8(7)12(13)14/h4-5H,10H2,1-3H3. The number of nitrogen functional groups attached to an aromatic ring is 1. The number of rotatable bonds is 3. The molecule has 0 saturated carbocycles. The number of nitrogens with zero attached hydrogens (tertiary/aromatic N) is 2. The minimum absolute atomic E-state index is 0.0294. The highest BCUT2D eigenvalue weighted by Gasteiger charge is 2.18. The van der Waals surface area contributed by atoms with E-state index in [-0.39, 0.29) is 11.4 Å². The van der Waals surface area contributed by atoms with Gasteiger partial charge in [0.25, 0.3) is 5.69 Å². The van der Waals surface area contributed by atoms with E-state index < -0.39 is 4.92 Å². The van der Waals surface area contributed by atoms with E-state index in [1.165, 1.54) is 13.2 Å². The summed E-state index contributed by atoms with van der Waals surface area (Å²) in [6.45, 7) is 0. The summed E-state index contributed by atoms with van der Waals surface area (Å²) in [7, 11) is 4.91. The third kappa shape index (κ3) is 2.09. The fraction of sp³-hybridized carbons (Fsp3) is 0.333. The number of anilines is 2. The van der Waals surface area contributed by atoms with Gasteiger partial charge in [0, 0.05) is 26.2 Å². The zero-order chi connectivity index (χ0) is 11.6. The molecule has 0 heterocycles. The molecule has 0 saturated heterocycles. The maximum atomic E-state index is 10.8. The molecule has 0 aliphatic rings. The van der Waals surface area contributed by atoms with Gasteiger partial charge in [0.05, 0.1) is 17.7 Å². The lowest BCUT2D eigenvalue weighted by Gasteiger charge is -2.14. The largest absolute Gasteiger partial charge is 0.495 e. The molecule has 82 valence electrons. The molecule has 1 rings (SSSR count). The van der Waals surface area contributed by atoms with Crippen molar-refractivity contribution in [3.05, 3.63) is 22.2 Å². The number of nitro groups is 1. The Balaban J connectivity index is 3.38. The summed E-state index contributed by atoms with van der Waals surface area (Å²) in [6.07, 6.45) is 0. The average molecular weight is 211 g/mol. The van der Waals surface area contributed by atoms with E-state index in [2.05, 4.69) is 0 Å². The van der Waals surface area contributed by atoms with E-state index >= 15 is 0 Å². The highest BCUT2D eigenvalue weighted by molar-refractivity contribution is 5.73. The summed E-state index contributed by atoms with van der Waals surface area (Å²) in [5.41, 5.74) is 6.28. The van der Waals surface area contributed by atoms with Crippen molar-refractivity contribution >= 4 is 17.1 Å². The Bertz CT molecular complexity index is 390. The quantitative estimate of drug-likeness (QED) is 0.462. The molecule has 0 aliphatic carbocycles. The second kappa shape index (κ2) is 4.04. The first-order valence-corrected chi connectivity index (χ1v) is 4.26. The summed E-state index contributed by atoms with van der Waals surface area (Å²) in [6, 6.07) is 2.85. The van der Waals surface area contributed by atoms with Crippen LogP contribution in [0.4, 0.5) is 17.1 Å². The normalized spacial score (nSPS) is 9.80. The number of nitro benzene ring substituents is 1. The van der Waals surface area contributed by atoms with Gasteiger partial charge in [0.15, 0.2) is 0 Å². The molecule has 0 radical (unpaired) electrons. The number of hydrogen-bond donors (Lipinski definition) is 1. The van der Waals surface area contributed by atoms with Crippen LogP contribution in [0, 0.1) is 10.1 Å². The Morgan fingerprint density at radius 3 is 2.47 bits per heavy atom. The molecule has 6 nitrogen and oxygen atoms in total. The second-order valence-electron chi connectivity index (χ2n) is 3.23. The SMILES string of the molecule is COc1cc(N(C)C)c([N+](=O)[O-])cc1N. The second-order valence-corrected chi connectivity index (χ2v) is 3.23. The summed E-state index contributed by atoms with van der Waals surface area (Å²) >= 11 is 0. The van der Waals surface area contributed by atoms with Crippen molar-refractivity contribution in [2.75, 3.05) is 31.8 Å². The van der Waals surface area contributed by atoms with Crippen molar-refractivity contribution < 1.29 is 9.66 Å². The van der Waals surface area contributed by atoms with Crippen LogP contribution in [0.5, 0.6) is 5.75 Å². The Morgan fingerprint density at radius 2 is 2.07 bits per heavy atom. The van der Waals surface area contributed by atoms with Crippen molar-refractivity contribution in [1.29, 1.82) is 0 Å². The van der Waals surface area contributed by atoms with E-state index in [9.17, 15) is 10.1 Å². The highest BCUT2D eigenvalue weighted by Crippen LogP contribution is 2.35. The van der Waals surface area contributed by atoms with Gasteiger partial charge in [-0.05, 0) is 0 Å². The van der Waals surface area contributed by atoms with Gasteiger partial charge in [-0.25, -0.2) is 0 Å². The molecule has 1 aromatic carbocycles. The van der Waals surface area contributed by atoms with Crippen LogP contribution in [0.2, 0.25) is 0 Å². The first-order chi connectivity index (χ1) is 6.97. The van der Waals surface area contributed by atoms with E-state index in [0.717, 1.165) is 0 Å². The monoisotopic (exact) mass is 211 g/mol. The topological polar surface area (TPSA) is 81.6 Å². The average Bonchev–Trinajstić information content (AvgIpc) is 2.16. The number of hydrogen-bond acceptors (Lipinski definition) is 5. The Morgan fingerprint density at radius 1 is 1.47 bits per heavy atom. The fourth-order valence-electron chi connectivity index (χ4n) is 1.26. The Labute approximate surface area is 87.4 Å². The molecule has 0 spiro atoms. The molecule has 6 heteroatoms. The molecular formula is C9H13N3O3. The smallest absolute Gasteiger partial charge is 0.294 e. The molecule has 2 N–H and O–H groups in total. The molecule has 15 heavy (non-hydrogen) atoms. The number of nitrogens with two attached hydrogens (primary N) is 1. The van der Waals surface area contributed by atoms with Gasteiger partial charge in [-0.15, -0.1) is 0 Å².